The summed E-state index contributed by atoms with van der Waals surface area (Å²) in [7, 11) is 0. The summed E-state index contributed by atoms with van der Waals surface area (Å²) >= 11 is 5.84. The average Bonchev–Trinajstić information content (AvgIpc) is 2.98. The summed E-state index contributed by atoms with van der Waals surface area (Å²) in [4.78, 5) is 0. The number of halogens is 1. The molecule has 0 unspecified atom stereocenters. The van der Waals surface area contributed by atoms with Gasteiger partial charge in [0.2, 0.25) is 0 Å². The molecule has 112 valence electrons. The first-order valence-electron chi connectivity index (χ1n) is 6.85. The molecule has 0 aliphatic heterocycles. The van der Waals surface area contributed by atoms with Crippen LogP contribution in [0.1, 0.15) is 0 Å². The van der Waals surface area contributed by atoms with Crippen LogP contribution in [-0.4, -0.2) is 21.6 Å². The number of nitrogens with two attached hydrogens (primary N) is 1. The quantitative estimate of drug-likeness (QED) is 0.734. The molecule has 0 radical (unpaired) electrons. The molecule has 3 rings (SSSR count). The summed E-state index contributed by atoms with van der Waals surface area (Å²) in [6.07, 6.45) is 1.72. The van der Waals surface area contributed by atoms with Crippen LogP contribution in [0.5, 0.6) is 5.75 Å². The van der Waals surface area contributed by atoms with Crippen molar-refractivity contribution in [2.24, 2.45) is 0 Å². The Labute approximate surface area is 133 Å². The fraction of sp³-hybridized carbons (Fsp3) is 0.125. The maximum absolute atomic E-state index is 5.84. The van der Waals surface area contributed by atoms with Crippen LogP contribution in [0, 0.1) is 0 Å². The Hall–Kier alpha value is -2.53. The van der Waals surface area contributed by atoms with Gasteiger partial charge in [-0.15, -0.1) is 5.10 Å². The summed E-state index contributed by atoms with van der Waals surface area (Å²) in [6.45, 7) is 1.08. The van der Waals surface area contributed by atoms with Crippen molar-refractivity contribution in [3.63, 3.8) is 0 Å². The minimum absolute atomic E-state index is 0.486. The lowest BCUT2D eigenvalue weighted by molar-refractivity contribution is 0.290. The van der Waals surface area contributed by atoms with Gasteiger partial charge in [0.1, 0.15) is 12.4 Å². The number of anilines is 1. The molecule has 0 saturated carbocycles. The van der Waals surface area contributed by atoms with Crippen LogP contribution in [0.15, 0.2) is 54.7 Å². The highest BCUT2D eigenvalue weighted by Gasteiger charge is 2.07. The van der Waals surface area contributed by atoms with Gasteiger partial charge in [-0.3, -0.25) is 0 Å². The molecule has 0 saturated heterocycles. The minimum atomic E-state index is 0.486. The molecule has 3 aromatic rings. The van der Waals surface area contributed by atoms with E-state index in [1.807, 2.05) is 36.4 Å². The second kappa shape index (κ2) is 6.49. The van der Waals surface area contributed by atoms with Crippen LogP contribution >= 0.6 is 11.6 Å². The molecule has 2 aromatic carbocycles. The Morgan fingerprint density at radius 2 is 1.95 bits per heavy atom. The maximum atomic E-state index is 5.84. The Balaban J connectivity index is 1.66. The smallest absolute Gasteiger partial charge is 0.119 e. The van der Waals surface area contributed by atoms with Crippen molar-refractivity contribution < 1.29 is 4.74 Å². The maximum Gasteiger partial charge on any atom is 0.119 e. The molecule has 1 heterocycles. The molecule has 0 aliphatic carbocycles. The van der Waals surface area contributed by atoms with E-state index in [0.29, 0.717) is 23.9 Å². The Morgan fingerprint density at radius 3 is 2.73 bits per heavy atom. The molecule has 2 N–H and O–H groups in total. The molecular weight excluding hydrogens is 300 g/mol. The van der Waals surface area contributed by atoms with Crippen molar-refractivity contribution in [1.82, 2.24) is 15.0 Å². The van der Waals surface area contributed by atoms with Gasteiger partial charge in [-0.25, -0.2) is 4.68 Å². The van der Waals surface area contributed by atoms with E-state index in [1.54, 1.807) is 23.0 Å². The predicted octanol–water partition coefficient (Wildman–Crippen LogP) is 3.26. The fourth-order valence-electron chi connectivity index (χ4n) is 2.13. The van der Waals surface area contributed by atoms with E-state index in [9.17, 15) is 0 Å². The van der Waals surface area contributed by atoms with Crippen LogP contribution in [0.3, 0.4) is 0 Å². The molecule has 22 heavy (non-hydrogen) atoms. The zero-order valence-corrected chi connectivity index (χ0v) is 12.6. The van der Waals surface area contributed by atoms with Gasteiger partial charge in [0.25, 0.3) is 0 Å². The lowest BCUT2D eigenvalue weighted by Crippen LogP contribution is -2.10. The second-order valence-electron chi connectivity index (χ2n) is 4.77. The molecule has 0 fully saturated rings. The third kappa shape index (κ3) is 3.38. The molecule has 1 aromatic heterocycles. The number of aromatic nitrogens is 3. The number of benzene rings is 2. The largest absolute Gasteiger partial charge is 0.492 e. The van der Waals surface area contributed by atoms with Crippen molar-refractivity contribution in [3.05, 3.63) is 59.8 Å². The fourth-order valence-corrected chi connectivity index (χ4v) is 2.25. The topological polar surface area (TPSA) is 66.0 Å². The zero-order chi connectivity index (χ0) is 15.4. The highest BCUT2D eigenvalue weighted by Crippen LogP contribution is 2.20. The van der Waals surface area contributed by atoms with Gasteiger partial charge in [-0.2, -0.15) is 0 Å². The summed E-state index contributed by atoms with van der Waals surface area (Å²) in [5.74, 6) is 0.773. The summed E-state index contributed by atoms with van der Waals surface area (Å²) in [6, 6.07) is 14.9. The average molecular weight is 315 g/mol. The molecule has 5 nitrogen and oxygen atoms in total. The van der Waals surface area contributed by atoms with Gasteiger partial charge >= 0.3 is 0 Å². The lowest BCUT2D eigenvalue weighted by atomic mass is 10.1. The lowest BCUT2D eigenvalue weighted by Gasteiger charge is -2.09. The SMILES string of the molecule is Nc1cccc(-c2cnnn2CCOc2ccc(Cl)cc2)c1. The molecule has 0 amide bonds. The summed E-state index contributed by atoms with van der Waals surface area (Å²) < 4.78 is 7.47. The number of hydrogen-bond acceptors (Lipinski definition) is 4. The standard InChI is InChI=1S/C16H15ClN4O/c17-13-4-6-15(7-5-13)22-9-8-21-16(11-19-20-21)12-2-1-3-14(18)10-12/h1-7,10-11H,8-9,18H2. The first kappa shape index (κ1) is 14.4. The minimum Gasteiger partial charge on any atom is -0.492 e. The van der Waals surface area contributed by atoms with E-state index in [-0.39, 0.29) is 0 Å². The van der Waals surface area contributed by atoms with Crippen LogP contribution in [0.25, 0.3) is 11.3 Å². The van der Waals surface area contributed by atoms with E-state index in [1.165, 1.54) is 0 Å². The summed E-state index contributed by atoms with van der Waals surface area (Å²) in [5, 5.41) is 8.74. The monoisotopic (exact) mass is 314 g/mol. The molecule has 0 bridgehead atoms. The van der Waals surface area contributed by atoms with Crippen LogP contribution in [0.4, 0.5) is 5.69 Å². The van der Waals surface area contributed by atoms with Crippen LogP contribution < -0.4 is 10.5 Å². The molecule has 0 spiro atoms. The third-order valence-electron chi connectivity index (χ3n) is 3.19. The van der Waals surface area contributed by atoms with E-state index in [4.69, 9.17) is 22.1 Å². The Morgan fingerprint density at radius 1 is 1.14 bits per heavy atom. The number of hydrogen-bond donors (Lipinski definition) is 1. The Bertz CT molecular complexity index is 755. The normalized spacial score (nSPS) is 10.6. The van der Waals surface area contributed by atoms with Crippen LogP contribution in [-0.2, 0) is 6.54 Å². The van der Waals surface area contributed by atoms with E-state index >= 15 is 0 Å². The van der Waals surface area contributed by atoms with Gasteiger partial charge in [-0.1, -0.05) is 28.9 Å². The van der Waals surface area contributed by atoms with Gasteiger partial charge in [0.05, 0.1) is 18.4 Å². The van der Waals surface area contributed by atoms with Crippen molar-refractivity contribution in [3.8, 4) is 17.0 Å². The van der Waals surface area contributed by atoms with E-state index in [2.05, 4.69) is 10.3 Å². The molecule has 0 atom stereocenters. The first-order valence-corrected chi connectivity index (χ1v) is 7.23. The van der Waals surface area contributed by atoms with E-state index < -0.39 is 0 Å². The first-order chi connectivity index (χ1) is 10.7. The third-order valence-corrected chi connectivity index (χ3v) is 3.44. The predicted molar refractivity (Wildman–Crippen MR) is 86.8 cm³/mol. The highest BCUT2D eigenvalue weighted by molar-refractivity contribution is 6.30. The van der Waals surface area contributed by atoms with Crippen molar-refractivity contribution >= 4 is 17.3 Å². The highest BCUT2D eigenvalue weighted by atomic mass is 35.5. The molecule has 6 heteroatoms. The van der Waals surface area contributed by atoms with Gasteiger partial charge in [0, 0.05) is 16.3 Å². The van der Waals surface area contributed by atoms with Crippen molar-refractivity contribution in [1.29, 1.82) is 0 Å². The van der Waals surface area contributed by atoms with Gasteiger partial charge in [0.15, 0.2) is 0 Å². The van der Waals surface area contributed by atoms with Crippen LogP contribution in [0.2, 0.25) is 5.02 Å². The van der Waals surface area contributed by atoms with Crippen molar-refractivity contribution in [2.45, 2.75) is 6.54 Å². The second-order valence-corrected chi connectivity index (χ2v) is 5.21. The van der Waals surface area contributed by atoms with Gasteiger partial charge < -0.3 is 10.5 Å². The number of nitrogen functional groups attached to an aromatic ring is 1. The van der Waals surface area contributed by atoms with E-state index in [0.717, 1.165) is 17.0 Å². The number of nitrogens with zero attached hydrogens (tertiary/aromatic N) is 3. The van der Waals surface area contributed by atoms with Gasteiger partial charge in [-0.05, 0) is 36.4 Å². The number of ether oxygens (including phenoxy) is 1. The molecular formula is C16H15ClN4O. The van der Waals surface area contributed by atoms with Crippen molar-refractivity contribution in [2.75, 3.05) is 12.3 Å². The molecule has 0 aliphatic rings. The zero-order valence-electron chi connectivity index (χ0n) is 11.8. The Kier molecular flexibility index (Phi) is 4.25. The summed E-state index contributed by atoms with van der Waals surface area (Å²) in [5.41, 5.74) is 8.42. The number of rotatable bonds is 5.